The Kier molecular flexibility index (Phi) is 3.40. The molecule has 4 rings (SSSR count). The molecule has 2 nitrogen and oxygen atoms in total. The summed E-state index contributed by atoms with van der Waals surface area (Å²) in [6.45, 7) is 5.39. The predicted octanol–water partition coefficient (Wildman–Crippen LogP) is 4.57. The summed E-state index contributed by atoms with van der Waals surface area (Å²) in [6.07, 6.45) is 0. The largest absolute Gasteiger partial charge is 0.507 e. The summed E-state index contributed by atoms with van der Waals surface area (Å²) in [7, 11) is 0. The highest BCUT2D eigenvalue weighted by Crippen LogP contribution is 2.41. The molecular formula is C19H19NOS. The molecule has 22 heavy (non-hydrogen) atoms. The van der Waals surface area contributed by atoms with Crippen LogP contribution in [-0.4, -0.2) is 23.1 Å². The van der Waals surface area contributed by atoms with Gasteiger partial charge in [-0.2, -0.15) is 0 Å². The maximum Gasteiger partial charge on any atom is 0.124 e. The molecule has 3 aromatic rings. The summed E-state index contributed by atoms with van der Waals surface area (Å²) >= 11 is 1.81. The zero-order chi connectivity index (χ0) is 15.1. The lowest BCUT2D eigenvalue weighted by molar-refractivity contribution is 0.254. The molecule has 1 aliphatic heterocycles. The summed E-state index contributed by atoms with van der Waals surface area (Å²) in [5.74, 6) is 0.790. The van der Waals surface area contributed by atoms with Crippen molar-refractivity contribution >= 4 is 21.4 Å². The molecule has 3 heteroatoms. The molecule has 0 saturated heterocycles. The van der Waals surface area contributed by atoms with Crippen LogP contribution in [0.3, 0.4) is 0 Å². The van der Waals surface area contributed by atoms with Crippen molar-refractivity contribution < 1.29 is 5.11 Å². The van der Waals surface area contributed by atoms with Crippen molar-refractivity contribution in [1.29, 1.82) is 0 Å². The lowest BCUT2D eigenvalue weighted by Crippen LogP contribution is -2.33. The number of fused-ring (bicyclic) bond motifs is 2. The maximum atomic E-state index is 10.1. The number of hydrogen-bond donors (Lipinski definition) is 1. The third-order valence-electron chi connectivity index (χ3n) is 4.61. The van der Waals surface area contributed by atoms with E-state index in [1.54, 1.807) is 6.07 Å². The van der Waals surface area contributed by atoms with Gasteiger partial charge in [-0.05, 0) is 35.9 Å². The smallest absolute Gasteiger partial charge is 0.124 e. The summed E-state index contributed by atoms with van der Waals surface area (Å²) in [4.78, 5) is 3.85. The zero-order valence-electron chi connectivity index (χ0n) is 12.6. The van der Waals surface area contributed by atoms with Crippen molar-refractivity contribution in [3.05, 3.63) is 64.5 Å². The molecule has 1 aliphatic rings. The van der Waals surface area contributed by atoms with Gasteiger partial charge < -0.3 is 5.11 Å². The maximum absolute atomic E-state index is 10.1. The van der Waals surface area contributed by atoms with E-state index in [4.69, 9.17) is 0 Å². The van der Waals surface area contributed by atoms with Gasteiger partial charge in [0.1, 0.15) is 5.75 Å². The van der Waals surface area contributed by atoms with E-state index in [1.807, 2.05) is 17.4 Å². The first-order chi connectivity index (χ1) is 10.8. The second-order valence-electron chi connectivity index (χ2n) is 5.92. The lowest BCUT2D eigenvalue weighted by atomic mass is 9.88. The van der Waals surface area contributed by atoms with Crippen LogP contribution < -0.4 is 0 Å². The second kappa shape index (κ2) is 5.41. The van der Waals surface area contributed by atoms with E-state index in [9.17, 15) is 5.11 Å². The minimum absolute atomic E-state index is 0.386. The molecule has 2 aromatic carbocycles. The minimum Gasteiger partial charge on any atom is -0.507 e. The third kappa shape index (κ3) is 2.21. The summed E-state index contributed by atoms with van der Waals surface area (Å²) in [6, 6.07) is 16.7. The van der Waals surface area contributed by atoms with Crippen molar-refractivity contribution in [2.75, 3.05) is 13.1 Å². The first-order valence-corrected chi connectivity index (χ1v) is 8.59. The lowest BCUT2D eigenvalue weighted by Gasteiger charge is -2.33. The van der Waals surface area contributed by atoms with E-state index in [0.29, 0.717) is 11.7 Å². The highest BCUT2D eigenvalue weighted by molar-refractivity contribution is 7.19. The molecule has 1 aromatic heterocycles. The van der Waals surface area contributed by atoms with Crippen LogP contribution >= 0.6 is 11.3 Å². The molecule has 0 radical (unpaired) electrons. The SMILES string of the molecule is CCN1Cc2ccccc2C(c2cc3c(O)cccc3s2)C1. The van der Waals surface area contributed by atoms with Crippen LogP contribution in [0.5, 0.6) is 5.75 Å². The highest BCUT2D eigenvalue weighted by atomic mass is 32.1. The number of hydrogen-bond acceptors (Lipinski definition) is 3. The number of thiophene rings is 1. The summed E-state index contributed by atoms with van der Waals surface area (Å²) in [5, 5.41) is 11.1. The number of likely N-dealkylation sites (N-methyl/N-ethyl adjacent to an activating group) is 1. The molecule has 0 fully saturated rings. The fourth-order valence-corrected chi connectivity index (χ4v) is 4.60. The molecule has 0 amide bonds. The number of benzene rings is 2. The van der Waals surface area contributed by atoms with Gasteiger partial charge >= 0.3 is 0 Å². The van der Waals surface area contributed by atoms with Crippen LogP contribution in [0.25, 0.3) is 10.1 Å². The fraction of sp³-hybridized carbons (Fsp3) is 0.263. The van der Waals surface area contributed by atoms with Crippen molar-refractivity contribution in [2.24, 2.45) is 0 Å². The molecule has 1 N–H and O–H groups in total. The number of phenolic OH excluding ortho intramolecular Hbond substituents is 1. The van der Waals surface area contributed by atoms with E-state index >= 15 is 0 Å². The fourth-order valence-electron chi connectivity index (χ4n) is 3.40. The van der Waals surface area contributed by atoms with Crippen molar-refractivity contribution in [3.8, 4) is 5.75 Å². The van der Waals surface area contributed by atoms with E-state index < -0.39 is 0 Å². The Balaban J connectivity index is 1.84. The Hall–Kier alpha value is -1.84. The first-order valence-electron chi connectivity index (χ1n) is 7.78. The Morgan fingerprint density at radius 1 is 1.18 bits per heavy atom. The number of rotatable bonds is 2. The quantitative estimate of drug-likeness (QED) is 0.749. The molecule has 112 valence electrons. The van der Waals surface area contributed by atoms with Gasteiger partial charge in [0.2, 0.25) is 0 Å². The van der Waals surface area contributed by atoms with E-state index in [-0.39, 0.29) is 0 Å². The second-order valence-corrected chi connectivity index (χ2v) is 7.03. The van der Waals surface area contributed by atoms with Crippen LogP contribution in [-0.2, 0) is 6.54 Å². The summed E-state index contributed by atoms with van der Waals surface area (Å²) < 4.78 is 1.17. The number of aromatic hydroxyl groups is 1. The topological polar surface area (TPSA) is 23.5 Å². The van der Waals surface area contributed by atoms with Crippen LogP contribution in [0.4, 0.5) is 0 Å². The Labute approximate surface area is 134 Å². The van der Waals surface area contributed by atoms with E-state index in [1.165, 1.54) is 20.7 Å². The minimum atomic E-state index is 0.386. The molecule has 0 bridgehead atoms. The average molecular weight is 309 g/mol. The normalized spacial score (nSPS) is 18.5. The van der Waals surface area contributed by atoms with Crippen LogP contribution in [0.15, 0.2) is 48.5 Å². The van der Waals surface area contributed by atoms with Gasteiger partial charge in [-0.1, -0.05) is 37.3 Å². The third-order valence-corrected chi connectivity index (χ3v) is 5.83. The Morgan fingerprint density at radius 3 is 2.86 bits per heavy atom. The zero-order valence-corrected chi connectivity index (χ0v) is 13.4. The van der Waals surface area contributed by atoms with Gasteiger partial charge in [0, 0.05) is 34.0 Å². The van der Waals surface area contributed by atoms with E-state index in [2.05, 4.69) is 48.2 Å². The number of nitrogens with zero attached hydrogens (tertiary/aromatic N) is 1. The predicted molar refractivity (Wildman–Crippen MR) is 92.7 cm³/mol. The van der Waals surface area contributed by atoms with Gasteiger partial charge in [-0.25, -0.2) is 0 Å². The van der Waals surface area contributed by atoms with Gasteiger partial charge in [0.05, 0.1) is 0 Å². The van der Waals surface area contributed by atoms with Crippen LogP contribution in [0, 0.1) is 0 Å². The van der Waals surface area contributed by atoms with Gasteiger partial charge in [-0.3, -0.25) is 4.90 Å². The molecule has 0 aliphatic carbocycles. The molecule has 0 saturated carbocycles. The van der Waals surface area contributed by atoms with Crippen molar-refractivity contribution in [2.45, 2.75) is 19.4 Å². The Bertz CT molecular complexity index is 823. The summed E-state index contributed by atoms with van der Waals surface area (Å²) in [5.41, 5.74) is 2.88. The van der Waals surface area contributed by atoms with Crippen molar-refractivity contribution in [3.63, 3.8) is 0 Å². The van der Waals surface area contributed by atoms with E-state index in [0.717, 1.165) is 25.0 Å². The molecule has 0 spiro atoms. The molecular weight excluding hydrogens is 290 g/mol. The highest BCUT2D eigenvalue weighted by Gasteiger charge is 2.27. The van der Waals surface area contributed by atoms with Crippen LogP contribution in [0.1, 0.15) is 28.8 Å². The number of phenols is 1. The molecule has 1 unspecified atom stereocenters. The van der Waals surface area contributed by atoms with Crippen molar-refractivity contribution in [1.82, 2.24) is 4.90 Å². The standard InChI is InChI=1S/C19H19NOS/c1-2-20-11-13-6-3-4-7-14(13)16(12-20)19-10-15-17(21)8-5-9-18(15)22-19/h3-10,16,21H,2,11-12H2,1H3. The molecule has 1 atom stereocenters. The van der Waals surface area contributed by atoms with Gasteiger partial charge in [0.25, 0.3) is 0 Å². The van der Waals surface area contributed by atoms with Gasteiger partial charge in [-0.15, -0.1) is 11.3 Å². The molecule has 2 heterocycles. The first kappa shape index (κ1) is 13.8. The Morgan fingerprint density at radius 2 is 2.05 bits per heavy atom. The average Bonchev–Trinajstić information content (AvgIpc) is 2.99. The monoisotopic (exact) mass is 309 g/mol. The van der Waals surface area contributed by atoms with Crippen LogP contribution in [0.2, 0.25) is 0 Å². The van der Waals surface area contributed by atoms with Gasteiger partial charge in [0.15, 0.2) is 0 Å².